The van der Waals surface area contributed by atoms with Crippen LogP contribution in [0.25, 0.3) is 0 Å². The molecule has 0 spiro atoms. The number of carbonyl (C=O) groups excluding carboxylic acids is 1. The van der Waals surface area contributed by atoms with Crippen molar-refractivity contribution in [1.82, 2.24) is 9.21 Å². The fourth-order valence-electron chi connectivity index (χ4n) is 4.08. The number of hydrogen-bond donors (Lipinski definition) is 0. The smallest absolute Gasteiger partial charge is 0.312 e. The largest absolute Gasteiger partial charge is 0.490 e. The number of benzene rings is 2. The third-order valence-electron chi connectivity index (χ3n) is 6.07. The van der Waals surface area contributed by atoms with Crippen molar-refractivity contribution in [2.75, 3.05) is 33.3 Å². The number of hydrogen-bond acceptors (Lipinski definition) is 6. The average molecular weight is 480 g/mol. The van der Waals surface area contributed by atoms with E-state index in [-0.39, 0.29) is 42.7 Å². The van der Waals surface area contributed by atoms with Crippen LogP contribution in [-0.2, 0) is 20.2 Å². The summed E-state index contributed by atoms with van der Waals surface area (Å²) in [5, 5.41) is 11.9. The van der Waals surface area contributed by atoms with Gasteiger partial charge < -0.3 is 9.64 Å². The first-order valence-electron chi connectivity index (χ1n) is 10.1. The van der Waals surface area contributed by atoms with Gasteiger partial charge in [-0.15, -0.1) is 0 Å². The van der Waals surface area contributed by atoms with Crippen molar-refractivity contribution in [2.45, 2.75) is 23.2 Å². The minimum absolute atomic E-state index is 0.00282. The summed E-state index contributed by atoms with van der Waals surface area (Å²) >= 11 is 5.96. The van der Waals surface area contributed by atoms with Crippen molar-refractivity contribution in [3.05, 3.63) is 63.2 Å². The van der Waals surface area contributed by atoms with Gasteiger partial charge in [0.15, 0.2) is 5.75 Å². The Bertz CT molecular complexity index is 1160. The van der Waals surface area contributed by atoms with Gasteiger partial charge in [0, 0.05) is 37.3 Å². The summed E-state index contributed by atoms with van der Waals surface area (Å²) < 4.78 is 32.3. The molecule has 11 heteroatoms. The van der Waals surface area contributed by atoms with Crippen LogP contribution in [0.3, 0.4) is 0 Å². The Morgan fingerprint density at radius 2 is 1.72 bits per heavy atom. The molecule has 0 unspecified atom stereocenters. The molecule has 2 fully saturated rings. The van der Waals surface area contributed by atoms with Crippen LogP contribution in [0, 0.1) is 10.1 Å². The van der Waals surface area contributed by atoms with E-state index in [0.717, 1.165) is 24.5 Å². The number of nitrogens with zero attached hydrogens (tertiary/aromatic N) is 3. The van der Waals surface area contributed by atoms with Gasteiger partial charge in [-0.25, -0.2) is 8.42 Å². The second-order valence-electron chi connectivity index (χ2n) is 7.88. The zero-order valence-electron chi connectivity index (χ0n) is 17.4. The highest BCUT2D eigenvalue weighted by Gasteiger charge is 2.53. The van der Waals surface area contributed by atoms with Gasteiger partial charge >= 0.3 is 5.69 Å². The predicted molar refractivity (Wildman–Crippen MR) is 117 cm³/mol. The minimum Gasteiger partial charge on any atom is -0.490 e. The topological polar surface area (TPSA) is 110 Å². The van der Waals surface area contributed by atoms with Crippen LogP contribution in [0.4, 0.5) is 5.69 Å². The third-order valence-corrected chi connectivity index (χ3v) is 8.21. The lowest BCUT2D eigenvalue weighted by Crippen LogP contribution is -2.52. The van der Waals surface area contributed by atoms with Gasteiger partial charge in [0.05, 0.1) is 22.3 Å². The molecule has 2 aliphatic rings. The van der Waals surface area contributed by atoms with E-state index in [2.05, 4.69) is 0 Å². The summed E-state index contributed by atoms with van der Waals surface area (Å²) in [7, 11) is -2.67. The van der Waals surface area contributed by atoms with Crippen LogP contribution >= 0.6 is 11.6 Å². The molecule has 32 heavy (non-hydrogen) atoms. The fraction of sp³-hybridized carbons (Fsp3) is 0.381. The van der Waals surface area contributed by atoms with Crippen LogP contribution < -0.4 is 4.74 Å². The van der Waals surface area contributed by atoms with Crippen LogP contribution in [0.2, 0.25) is 5.02 Å². The van der Waals surface area contributed by atoms with Crippen LogP contribution in [0.15, 0.2) is 47.4 Å². The van der Waals surface area contributed by atoms with E-state index in [1.807, 2.05) is 12.1 Å². The summed E-state index contributed by atoms with van der Waals surface area (Å²) in [4.78, 5) is 25.3. The molecule has 0 aromatic heterocycles. The average Bonchev–Trinajstić information content (AvgIpc) is 3.60. The SMILES string of the molecule is COc1ccc(S(=O)(=O)N2CCN(C(=O)C3(c4ccc(Cl)cc4)CC3)CC2)cc1[N+](=O)[O-]. The molecule has 0 bridgehead atoms. The number of methoxy groups -OCH3 is 1. The molecule has 0 N–H and O–H groups in total. The van der Waals surface area contributed by atoms with Crippen LogP contribution in [0.1, 0.15) is 18.4 Å². The molecule has 1 saturated heterocycles. The quantitative estimate of drug-likeness (QED) is 0.465. The molecule has 0 atom stereocenters. The van der Waals surface area contributed by atoms with E-state index < -0.39 is 26.0 Å². The number of piperazine rings is 1. The standard InChI is InChI=1S/C21H22ClN3O6S/c1-31-19-7-6-17(14-18(19)25(27)28)32(29,30)24-12-10-23(11-13-24)20(26)21(8-9-21)15-2-4-16(22)5-3-15/h2-7,14H,8-13H2,1H3. The molecule has 9 nitrogen and oxygen atoms in total. The van der Waals surface area contributed by atoms with E-state index in [9.17, 15) is 23.3 Å². The lowest BCUT2D eigenvalue weighted by Gasteiger charge is -2.36. The molecule has 2 aromatic rings. The molecular weight excluding hydrogens is 458 g/mol. The Hall–Kier alpha value is -2.69. The molecule has 2 aromatic carbocycles. The predicted octanol–water partition coefficient (Wildman–Crippen LogP) is 2.82. The summed E-state index contributed by atoms with van der Waals surface area (Å²) in [6, 6.07) is 10.8. The number of rotatable bonds is 6. The highest BCUT2D eigenvalue weighted by Crippen LogP contribution is 2.50. The van der Waals surface area contributed by atoms with Gasteiger partial charge in [0.2, 0.25) is 15.9 Å². The lowest BCUT2D eigenvalue weighted by molar-refractivity contribution is -0.386. The summed E-state index contributed by atoms with van der Waals surface area (Å²) in [5.74, 6) is -0.0155. The maximum Gasteiger partial charge on any atom is 0.312 e. The Balaban J connectivity index is 1.48. The van der Waals surface area contributed by atoms with E-state index >= 15 is 0 Å². The molecule has 1 saturated carbocycles. The van der Waals surface area contributed by atoms with Gasteiger partial charge in [-0.1, -0.05) is 23.7 Å². The number of nitro benzene ring substituents is 1. The molecule has 0 radical (unpaired) electrons. The maximum absolute atomic E-state index is 13.2. The molecule has 1 heterocycles. The second-order valence-corrected chi connectivity index (χ2v) is 10.3. The summed E-state index contributed by atoms with van der Waals surface area (Å²) in [6.45, 7) is 0.743. The highest BCUT2D eigenvalue weighted by molar-refractivity contribution is 7.89. The highest BCUT2D eigenvalue weighted by atomic mass is 35.5. The first-order valence-corrected chi connectivity index (χ1v) is 11.9. The van der Waals surface area contributed by atoms with E-state index in [1.54, 1.807) is 17.0 Å². The van der Waals surface area contributed by atoms with Gasteiger partial charge in [0.25, 0.3) is 0 Å². The Morgan fingerprint density at radius 1 is 1.09 bits per heavy atom. The number of halogens is 1. The molecule has 170 valence electrons. The van der Waals surface area contributed by atoms with E-state index in [0.29, 0.717) is 5.02 Å². The van der Waals surface area contributed by atoms with Crippen molar-refractivity contribution in [3.8, 4) is 5.75 Å². The minimum atomic E-state index is -3.95. The third kappa shape index (κ3) is 3.94. The monoisotopic (exact) mass is 479 g/mol. The molecule has 1 amide bonds. The van der Waals surface area contributed by atoms with Gasteiger partial charge in [-0.05, 0) is 42.7 Å². The van der Waals surface area contributed by atoms with Crippen LogP contribution in [-0.4, -0.2) is 61.7 Å². The van der Waals surface area contributed by atoms with E-state index in [4.69, 9.17) is 16.3 Å². The number of carbonyl (C=O) groups is 1. The molecule has 4 rings (SSSR count). The van der Waals surface area contributed by atoms with Crippen molar-refractivity contribution in [3.63, 3.8) is 0 Å². The summed E-state index contributed by atoms with van der Waals surface area (Å²) in [6.07, 6.45) is 1.50. The van der Waals surface area contributed by atoms with E-state index in [1.165, 1.54) is 23.5 Å². The number of sulfonamides is 1. The number of amides is 1. The Labute approximate surface area is 190 Å². The maximum atomic E-state index is 13.2. The lowest BCUT2D eigenvalue weighted by atomic mass is 9.94. The van der Waals surface area contributed by atoms with Crippen molar-refractivity contribution >= 4 is 33.2 Å². The first kappa shape index (κ1) is 22.5. The molecule has 1 aliphatic heterocycles. The fourth-order valence-corrected chi connectivity index (χ4v) is 5.64. The normalized spacial score (nSPS) is 18.2. The van der Waals surface area contributed by atoms with Crippen molar-refractivity contribution in [1.29, 1.82) is 0 Å². The zero-order valence-corrected chi connectivity index (χ0v) is 18.9. The first-order chi connectivity index (χ1) is 15.2. The van der Waals surface area contributed by atoms with Crippen molar-refractivity contribution < 1.29 is 22.9 Å². The van der Waals surface area contributed by atoms with Crippen LogP contribution in [0.5, 0.6) is 5.75 Å². The summed E-state index contributed by atoms with van der Waals surface area (Å²) in [5.41, 5.74) is -0.0455. The Kier molecular flexibility index (Phi) is 5.87. The number of ether oxygens (including phenoxy) is 1. The number of nitro groups is 1. The van der Waals surface area contributed by atoms with Gasteiger partial charge in [-0.3, -0.25) is 14.9 Å². The molecule has 1 aliphatic carbocycles. The second kappa shape index (κ2) is 8.34. The Morgan fingerprint density at radius 3 is 2.25 bits per heavy atom. The zero-order chi connectivity index (χ0) is 23.1. The van der Waals surface area contributed by atoms with Gasteiger partial charge in [0.1, 0.15) is 0 Å². The van der Waals surface area contributed by atoms with Crippen molar-refractivity contribution in [2.24, 2.45) is 0 Å². The van der Waals surface area contributed by atoms with Gasteiger partial charge in [-0.2, -0.15) is 4.31 Å². The molecular formula is C21H22ClN3O6S.